The van der Waals surface area contributed by atoms with E-state index in [4.69, 9.17) is 0 Å². The fourth-order valence-corrected chi connectivity index (χ4v) is 5.37. The highest BCUT2D eigenvalue weighted by molar-refractivity contribution is 7.99. The number of aryl methyl sites for hydroxylation is 2. The Bertz CT molecular complexity index is 1140. The number of aromatic nitrogens is 2. The van der Waals surface area contributed by atoms with E-state index in [-0.39, 0.29) is 16.7 Å². The molecule has 166 valence electrons. The van der Waals surface area contributed by atoms with Crippen molar-refractivity contribution in [3.63, 3.8) is 0 Å². The summed E-state index contributed by atoms with van der Waals surface area (Å²) in [5.74, 6) is 1.67. The predicted molar refractivity (Wildman–Crippen MR) is 134 cm³/mol. The van der Waals surface area contributed by atoms with Crippen molar-refractivity contribution in [3.05, 3.63) is 55.9 Å². The average Bonchev–Trinajstić information content (AvgIpc) is 2.99. The summed E-state index contributed by atoms with van der Waals surface area (Å²) in [6, 6.07) is 6.22. The van der Waals surface area contributed by atoms with Crippen LogP contribution >= 0.6 is 23.1 Å². The minimum Gasteiger partial charge on any atom is -0.325 e. The summed E-state index contributed by atoms with van der Waals surface area (Å²) in [4.78, 5) is 34.8. The van der Waals surface area contributed by atoms with Crippen molar-refractivity contribution in [1.82, 2.24) is 9.97 Å². The van der Waals surface area contributed by atoms with Gasteiger partial charge in [0.2, 0.25) is 5.91 Å². The highest BCUT2D eigenvalue weighted by atomic mass is 32.2. The molecule has 0 fully saturated rings. The maximum atomic E-state index is 13.0. The monoisotopic (exact) mass is 457 g/mol. The van der Waals surface area contributed by atoms with E-state index in [0.717, 1.165) is 32.1 Å². The summed E-state index contributed by atoms with van der Waals surface area (Å²) >= 11 is 3.01. The Balaban J connectivity index is 1.75. The molecule has 31 heavy (non-hydrogen) atoms. The van der Waals surface area contributed by atoms with Crippen LogP contribution < -0.4 is 10.9 Å². The number of carbonyl (C=O) groups is 1. The van der Waals surface area contributed by atoms with Gasteiger partial charge in [-0.15, -0.1) is 23.1 Å². The summed E-state index contributed by atoms with van der Waals surface area (Å²) in [6.07, 6.45) is 0. The zero-order chi connectivity index (χ0) is 22.9. The lowest BCUT2D eigenvalue weighted by Gasteiger charge is -2.21. The molecule has 0 aliphatic heterocycles. The average molecular weight is 458 g/mol. The van der Waals surface area contributed by atoms with Crippen LogP contribution in [0.15, 0.2) is 23.0 Å². The molecule has 0 spiro atoms. The number of aromatic amines is 1. The summed E-state index contributed by atoms with van der Waals surface area (Å²) < 4.78 is 0. The third-order valence-corrected chi connectivity index (χ3v) is 7.80. The molecular weight excluding hydrogens is 426 g/mol. The summed E-state index contributed by atoms with van der Waals surface area (Å²) in [5, 5.41) is 3.57. The number of nitrogens with zero attached hydrogens (tertiary/aromatic N) is 1. The largest absolute Gasteiger partial charge is 0.325 e. The Kier molecular flexibility index (Phi) is 7.27. The molecule has 5 nitrogen and oxygen atoms in total. The molecule has 0 bridgehead atoms. The Labute approximate surface area is 192 Å². The van der Waals surface area contributed by atoms with E-state index in [9.17, 15) is 9.59 Å². The van der Waals surface area contributed by atoms with Gasteiger partial charge in [-0.1, -0.05) is 45.9 Å². The topological polar surface area (TPSA) is 74.8 Å². The smallest absolute Gasteiger partial charge is 0.259 e. The molecule has 1 aromatic carbocycles. The van der Waals surface area contributed by atoms with Gasteiger partial charge in [0.05, 0.1) is 16.4 Å². The molecule has 2 N–H and O–H groups in total. The standard InChI is InChI=1S/C24H31N3O2S2/c1-12(2)17-9-8-10-18(13(3)4)21(17)27-22(28)16(7)30-11-19-25-23(29)20-14(5)15(6)31-24(20)26-19/h8-10,12-13,16H,11H2,1-7H3,(H,27,28)(H,25,26,29). The molecule has 0 saturated heterocycles. The van der Waals surface area contributed by atoms with Crippen LogP contribution in [0.1, 0.15) is 73.8 Å². The number of thioether (sulfide) groups is 1. The lowest BCUT2D eigenvalue weighted by Crippen LogP contribution is -2.24. The Hall–Kier alpha value is -2.12. The van der Waals surface area contributed by atoms with E-state index in [0.29, 0.717) is 28.8 Å². The van der Waals surface area contributed by atoms with Crippen LogP contribution in [-0.2, 0) is 10.5 Å². The number of hydrogen-bond donors (Lipinski definition) is 2. The second-order valence-corrected chi connectivity index (χ2v) is 11.1. The zero-order valence-electron chi connectivity index (χ0n) is 19.3. The number of thiophene rings is 1. The predicted octanol–water partition coefficient (Wildman–Crippen LogP) is 6.11. The van der Waals surface area contributed by atoms with Gasteiger partial charge >= 0.3 is 0 Å². The van der Waals surface area contributed by atoms with Gasteiger partial charge in [-0.3, -0.25) is 9.59 Å². The van der Waals surface area contributed by atoms with Crippen molar-refractivity contribution < 1.29 is 4.79 Å². The van der Waals surface area contributed by atoms with Crippen LogP contribution in [-0.4, -0.2) is 21.1 Å². The number of nitrogens with one attached hydrogen (secondary N) is 2. The van der Waals surface area contributed by atoms with Crippen molar-refractivity contribution in [2.24, 2.45) is 0 Å². The van der Waals surface area contributed by atoms with Crippen LogP contribution in [0.3, 0.4) is 0 Å². The number of anilines is 1. The second-order valence-electron chi connectivity index (χ2n) is 8.54. The molecule has 2 aromatic heterocycles. The minimum atomic E-state index is -0.284. The first-order chi connectivity index (χ1) is 14.6. The highest BCUT2D eigenvalue weighted by Crippen LogP contribution is 2.33. The van der Waals surface area contributed by atoms with E-state index >= 15 is 0 Å². The van der Waals surface area contributed by atoms with Crippen molar-refractivity contribution in [3.8, 4) is 0 Å². The summed E-state index contributed by atoms with van der Waals surface area (Å²) in [5.41, 5.74) is 4.12. The molecule has 1 atom stereocenters. The van der Waals surface area contributed by atoms with Gasteiger partial charge in [0.15, 0.2) is 0 Å². The number of fused-ring (bicyclic) bond motifs is 1. The van der Waals surface area contributed by atoms with Crippen molar-refractivity contribution in [1.29, 1.82) is 0 Å². The molecule has 0 aliphatic carbocycles. The van der Waals surface area contributed by atoms with Gasteiger partial charge < -0.3 is 10.3 Å². The van der Waals surface area contributed by atoms with Crippen molar-refractivity contribution >= 4 is 44.9 Å². The quantitative estimate of drug-likeness (QED) is 0.449. The maximum Gasteiger partial charge on any atom is 0.259 e. The molecule has 2 heterocycles. The molecule has 0 aliphatic rings. The first kappa shape index (κ1) is 23.5. The van der Waals surface area contributed by atoms with Crippen LogP contribution in [0.25, 0.3) is 10.2 Å². The van der Waals surface area contributed by atoms with E-state index in [2.05, 4.69) is 61.2 Å². The van der Waals surface area contributed by atoms with Gasteiger partial charge in [-0.05, 0) is 49.3 Å². The Morgan fingerprint density at radius 2 is 1.74 bits per heavy atom. The fraction of sp³-hybridized carbons (Fsp3) is 0.458. The molecule has 0 radical (unpaired) electrons. The van der Waals surface area contributed by atoms with Gasteiger partial charge in [-0.25, -0.2) is 4.98 Å². The van der Waals surface area contributed by atoms with E-state index in [1.165, 1.54) is 23.1 Å². The number of benzene rings is 1. The number of para-hydroxylation sites is 1. The molecule has 3 aromatic rings. The summed E-state index contributed by atoms with van der Waals surface area (Å²) in [6.45, 7) is 14.4. The Morgan fingerprint density at radius 1 is 1.13 bits per heavy atom. The number of carbonyl (C=O) groups excluding carboxylic acids is 1. The number of H-pyrrole nitrogens is 1. The lowest BCUT2D eigenvalue weighted by molar-refractivity contribution is -0.115. The molecule has 0 saturated carbocycles. The molecule has 1 unspecified atom stereocenters. The second kappa shape index (κ2) is 9.57. The van der Waals surface area contributed by atoms with Gasteiger partial charge in [0.25, 0.3) is 5.56 Å². The SMILES string of the molecule is Cc1sc2nc(CSC(C)C(=O)Nc3c(C(C)C)cccc3C(C)C)[nH]c(=O)c2c1C. The molecular formula is C24H31N3O2S2. The van der Waals surface area contributed by atoms with Crippen LogP contribution in [0, 0.1) is 13.8 Å². The van der Waals surface area contributed by atoms with Gasteiger partial charge in [-0.2, -0.15) is 0 Å². The Morgan fingerprint density at radius 3 is 2.32 bits per heavy atom. The van der Waals surface area contributed by atoms with E-state index in [1.807, 2.05) is 20.8 Å². The third-order valence-electron chi connectivity index (χ3n) is 5.55. The summed E-state index contributed by atoms with van der Waals surface area (Å²) in [7, 11) is 0. The zero-order valence-corrected chi connectivity index (χ0v) is 20.9. The van der Waals surface area contributed by atoms with Crippen molar-refractivity contribution in [2.75, 3.05) is 5.32 Å². The highest BCUT2D eigenvalue weighted by Gasteiger charge is 2.20. The minimum absolute atomic E-state index is 0.0359. The van der Waals surface area contributed by atoms with Crippen molar-refractivity contribution in [2.45, 2.75) is 71.3 Å². The molecule has 1 amide bonds. The van der Waals surface area contributed by atoms with E-state index in [1.54, 1.807) is 0 Å². The molecule has 7 heteroatoms. The fourth-order valence-electron chi connectivity index (χ4n) is 3.57. The number of rotatable bonds is 7. The van der Waals surface area contributed by atoms with Gasteiger partial charge in [0, 0.05) is 10.6 Å². The van der Waals surface area contributed by atoms with E-state index < -0.39 is 0 Å². The normalized spacial score (nSPS) is 12.7. The number of hydrogen-bond acceptors (Lipinski definition) is 5. The van der Waals surface area contributed by atoms with Crippen LogP contribution in [0.4, 0.5) is 5.69 Å². The lowest BCUT2D eigenvalue weighted by atomic mass is 9.92. The molecule has 3 rings (SSSR count). The van der Waals surface area contributed by atoms with Gasteiger partial charge in [0.1, 0.15) is 10.7 Å². The van der Waals surface area contributed by atoms with Crippen LogP contribution in [0.2, 0.25) is 0 Å². The maximum absolute atomic E-state index is 13.0. The van der Waals surface area contributed by atoms with Crippen LogP contribution in [0.5, 0.6) is 0 Å². The third kappa shape index (κ3) is 5.04. The first-order valence-corrected chi connectivity index (χ1v) is 12.5. The first-order valence-electron chi connectivity index (χ1n) is 10.6. The number of amides is 1.